The number of thiol groups is 1. The molecule has 0 aliphatic rings. The van der Waals surface area contributed by atoms with Crippen LogP contribution in [0.15, 0.2) is 29.0 Å². The van der Waals surface area contributed by atoms with Crippen molar-refractivity contribution in [1.82, 2.24) is 9.38 Å². The number of rotatable bonds is 1. The maximum atomic E-state index is 4.23. The lowest BCUT2D eigenvalue weighted by atomic mass is 10.4. The summed E-state index contributed by atoms with van der Waals surface area (Å²) in [5, 5.41) is 0. The highest BCUT2D eigenvalue weighted by molar-refractivity contribution is 9.10. The van der Waals surface area contributed by atoms with Crippen LogP contribution >= 0.6 is 28.6 Å². The summed E-state index contributed by atoms with van der Waals surface area (Å²) in [4.78, 5) is 4.21. The molecule has 0 aliphatic carbocycles. The molecule has 2 rings (SSSR count). The van der Waals surface area contributed by atoms with E-state index in [1.807, 2.05) is 22.7 Å². The molecule has 2 nitrogen and oxygen atoms in total. The zero-order valence-corrected chi connectivity index (χ0v) is 8.72. The number of hydrogen-bond acceptors (Lipinski definition) is 2. The molecule has 0 unspecified atom stereocenters. The van der Waals surface area contributed by atoms with Crippen LogP contribution in [0.5, 0.6) is 0 Å². The monoisotopic (exact) mass is 242 g/mol. The summed E-state index contributed by atoms with van der Waals surface area (Å²) >= 11 is 7.66. The molecule has 0 amide bonds. The van der Waals surface area contributed by atoms with Gasteiger partial charge in [-0.15, -0.1) is 0 Å². The van der Waals surface area contributed by atoms with Crippen molar-refractivity contribution in [2.75, 3.05) is 0 Å². The van der Waals surface area contributed by atoms with Crippen molar-refractivity contribution in [2.45, 2.75) is 5.75 Å². The Labute approximate surface area is 84.2 Å². The third-order valence-electron chi connectivity index (χ3n) is 1.75. The highest BCUT2D eigenvalue weighted by atomic mass is 79.9. The molecule has 0 saturated carbocycles. The normalized spacial score (nSPS) is 10.8. The molecule has 4 heteroatoms. The van der Waals surface area contributed by atoms with Crippen LogP contribution in [0.25, 0.3) is 5.65 Å². The van der Waals surface area contributed by atoms with Gasteiger partial charge in [0.1, 0.15) is 0 Å². The van der Waals surface area contributed by atoms with Crippen LogP contribution in [0, 0.1) is 0 Å². The first kappa shape index (κ1) is 8.13. The molecule has 0 aromatic carbocycles. The fourth-order valence-electron chi connectivity index (χ4n) is 1.16. The van der Waals surface area contributed by atoms with Gasteiger partial charge in [0.2, 0.25) is 0 Å². The third-order valence-corrected chi connectivity index (χ3v) is 2.69. The fourth-order valence-corrected chi connectivity index (χ4v) is 1.85. The van der Waals surface area contributed by atoms with Crippen LogP contribution in [0.1, 0.15) is 5.69 Å². The lowest BCUT2D eigenvalue weighted by molar-refractivity contribution is 1.07. The number of aromatic nitrogens is 2. The number of fused-ring (bicyclic) bond motifs is 1. The Morgan fingerprint density at radius 3 is 3.08 bits per heavy atom. The van der Waals surface area contributed by atoms with E-state index in [1.165, 1.54) is 0 Å². The molecule has 0 N–H and O–H groups in total. The van der Waals surface area contributed by atoms with Crippen LogP contribution in [0.3, 0.4) is 0 Å². The first-order valence-electron chi connectivity index (χ1n) is 3.54. The SMILES string of the molecule is SCc1ccc(Br)c2nccn12. The van der Waals surface area contributed by atoms with Crippen molar-refractivity contribution in [1.29, 1.82) is 0 Å². The van der Waals surface area contributed by atoms with Crippen molar-refractivity contribution in [3.63, 3.8) is 0 Å². The van der Waals surface area contributed by atoms with Gasteiger partial charge in [0.25, 0.3) is 0 Å². The van der Waals surface area contributed by atoms with E-state index in [1.54, 1.807) is 6.20 Å². The minimum absolute atomic E-state index is 0.722. The molecule has 62 valence electrons. The average molecular weight is 243 g/mol. The molecule has 0 fully saturated rings. The quantitative estimate of drug-likeness (QED) is 0.762. The highest BCUT2D eigenvalue weighted by Crippen LogP contribution is 2.18. The zero-order valence-electron chi connectivity index (χ0n) is 6.24. The predicted octanol–water partition coefficient (Wildman–Crippen LogP) is 2.53. The van der Waals surface area contributed by atoms with E-state index in [0.29, 0.717) is 0 Å². The summed E-state index contributed by atoms with van der Waals surface area (Å²) in [5.41, 5.74) is 2.09. The molecular formula is C8H7BrN2S. The Morgan fingerprint density at radius 1 is 1.50 bits per heavy atom. The molecule has 0 radical (unpaired) electrons. The smallest absolute Gasteiger partial charge is 0.151 e. The number of nitrogens with zero attached hydrogens (tertiary/aromatic N) is 2. The maximum Gasteiger partial charge on any atom is 0.151 e. The minimum atomic E-state index is 0.722. The fraction of sp³-hybridized carbons (Fsp3) is 0.125. The lowest BCUT2D eigenvalue weighted by Gasteiger charge is -2.02. The van der Waals surface area contributed by atoms with Crippen molar-refractivity contribution in [2.24, 2.45) is 0 Å². The first-order chi connectivity index (χ1) is 5.83. The number of hydrogen-bond donors (Lipinski definition) is 1. The van der Waals surface area contributed by atoms with E-state index in [-0.39, 0.29) is 0 Å². The van der Waals surface area contributed by atoms with Crippen LogP contribution in [-0.2, 0) is 5.75 Å². The molecule has 0 saturated heterocycles. The molecule has 0 aliphatic heterocycles. The summed E-state index contributed by atoms with van der Waals surface area (Å²) in [7, 11) is 0. The van der Waals surface area contributed by atoms with Gasteiger partial charge in [-0.1, -0.05) is 0 Å². The average Bonchev–Trinajstić information content (AvgIpc) is 2.54. The first-order valence-corrected chi connectivity index (χ1v) is 4.97. The Hall–Kier alpha value is -0.480. The Kier molecular flexibility index (Phi) is 2.11. The number of pyridine rings is 1. The van der Waals surface area contributed by atoms with Gasteiger partial charge in [-0.05, 0) is 28.1 Å². The number of imidazole rings is 1. The topological polar surface area (TPSA) is 17.3 Å². The second-order valence-corrected chi connectivity index (χ2v) is 3.62. The Bertz CT molecular complexity index is 410. The lowest BCUT2D eigenvalue weighted by Crippen LogP contribution is -1.92. The van der Waals surface area contributed by atoms with Crippen molar-refractivity contribution in [3.05, 3.63) is 34.7 Å². The molecule has 2 aromatic rings. The second-order valence-electron chi connectivity index (χ2n) is 2.45. The second kappa shape index (κ2) is 3.11. The van der Waals surface area contributed by atoms with E-state index in [9.17, 15) is 0 Å². The van der Waals surface area contributed by atoms with Gasteiger partial charge in [0, 0.05) is 23.8 Å². The van der Waals surface area contributed by atoms with Gasteiger partial charge in [-0.25, -0.2) is 4.98 Å². The zero-order chi connectivity index (χ0) is 8.55. The molecule has 2 aromatic heterocycles. The van der Waals surface area contributed by atoms with Gasteiger partial charge in [0.15, 0.2) is 5.65 Å². The van der Waals surface area contributed by atoms with Crippen LogP contribution in [-0.4, -0.2) is 9.38 Å². The Morgan fingerprint density at radius 2 is 2.33 bits per heavy atom. The van der Waals surface area contributed by atoms with E-state index < -0.39 is 0 Å². The molecule has 0 bridgehead atoms. The molecular weight excluding hydrogens is 236 g/mol. The largest absolute Gasteiger partial charge is 0.302 e. The molecule has 0 spiro atoms. The molecule has 0 atom stereocenters. The standard InChI is InChI=1S/C8H7BrN2S/c9-7-2-1-6(5-12)11-4-3-10-8(7)11/h1-4,12H,5H2. The van der Waals surface area contributed by atoms with Crippen molar-refractivity contribution >= 4 is 34.2 Å². The van der Waals surface area contributed by atoms with Gasteiger partial charge in [-0.2, -0.15) is 12.6 Å². The minimum Gasteiger partial charge on any atom is -0.302 e. The third kappa shape index (κ3) is 1.15. The van der Waals surface area contributed by atoms with Gasteiger partial charge < -0.3 is 4.40 Å². The van der Waals surface area contributed by atoms with Gasteiger partial charge in [-0.3, -0.25) is 0 Å². The summed E-state index contributed by atoms with van der Waals surface area (Å²) in [5.74, 6) is 0.722. The van der Waals surface area contributed by atoms with Crippen molar-refractivity contribution < 1.29 is 0 Å². The van der Waals surface area contributed by atoms with E-state index in [2.05, 4.69) is 33.5 Å². The van der Waals surface area contributed by atoms with Gasteiger partial charge >= 0.3 is 0 Å². The molecule has 2 heterocycles. The Balaban J connectivity index is 2.82. The predicted molar refractivity (Wildman–Crippen MR) is 55.6 cm³/mol. The van der Waals surface area contributed by atoms with Crippen LogP contribution < -0.4 is 0 Å². The summed E-state index contributed by atoms with van der Waals surface area (Å²) < 4.78 is 3.04. The maximum absolute atomic E-state index is 4.23. The molecule has 12 heavy (non-hydrogen) atoms. The summed E-state index contributed by atoms with van der Waals surface area (Å²) in [6, 6.07) is 4.03. The highest BCUT2D eigenvalue weighted by Gasteiger charge is 2.02. The van der Waals surface area contributed by atoms with Crippen molar-refractivity contribution in [3.8, 4) is 0 Å². The van der Waals surface area contributed by atoms with E-state index in [4.69, 9.17) is 0 Å². The summed E-state index contributed by atoms with van der Waals surface area (Å²) in [6.07, 6.45) is 3.72. The summed E-state index contributed by atoms with van der Waals surface area (Å²) in [6.45, 7) is 0. The van der Waals surface area contributed by atoms with E-state index >= 15 is 0 Å². The van der Waals surface area contributed by atoms with E-state index in [0.717, 1.165) is 21.6 Å². The van der Waals surface area contributed by atoms with Crippen LogP contribution in [0.2, 0.25) is 0 Å². The van der Waals surface area contributed by atoms with Crippen LogP contribution in [0.4, 0.5) is 0 Å². The number of halogens is 1. The van der Waals surface area contributed by atoms with Gasteiger partial charge in [0.05, 0.1) is 4.47 Å².